The summed E-state index contributed by atoms with van der Waals surface area (Å²) in [6.07, 6.45) is 5.91. The van der Waals surface area contributed by atoms with Crippen LogP contribution in [0.3, 0.4) is 0 Å². The van der Waals surface area contributed by atoms with Gasteiger partial charge in [-0.1, -0.05) is 35.7 Å². The van der Waals surface area contributed by atoms with Crippen molar-refractivity contribution in [3.63, 3.8) is 0 Å². The van der Waals surface area contributed by atoms with Gasteiger partial charge < -0.3 is 19.9 Å². The number of hydrogen-bond acceptors (Lipinski definition) is 6. The normalized spacial score (nSPS) is 15.0. The lowest BCUT2D eigenvalue weighted by atomic mass is 10.0. The van der Waals surface area contributed by atoms with Crippen LogP contribution in [-0.4, -0.2) is 50.7 Å². The predicted octanol–water partition coefficient (Wildman–Crippen LogP) is 5.45. The molecule has 3 heterocycles. The standard InChI is InChI=1S/C29H26ClN5O3/c1-2-8-25(36)35-14-7-6-9-19(35)16-31-28-26-23(17-32-29(26)34-18-33-28)27(37)22-13-12-21(15-24(22)30)38-20-10-4-3-5-11-20/h3-5,10-13,15,17-19H,6-7,9,14,16H2,1H3,(H2,31,32,33,34). The number of ketones is 1. The van der Waals surface area contributed by atoms with Gasteiger partial charge in [-0.05, 0) is 56.4 Å². The van der Waals surface area contributed by atoms with Crippen molar-refractivity contribution in [2.75, 3.05) is 18.4 Å². The number of benzene rings is 2. The molecule has 1 aliphatic heterocycles. The van der Waals surface area contributed by atoms with Crippen molar-refractivity contribution in [1.82, 2.24) is 19.9 Å². The van der Waals surface area contributed by atoms with Crippen molar-refractivity contribution >= 4 is 40.1 Å². The van der Waals surface area contributed by atoms with Gasteiger partial charge in [-0.3, -0.25) is 9.59 Å². The Balaban J connectivity index is 1.38. The summed E-state index contributed by atoms with van der Waals surface area (Å²) in [5.74, 6) is 6.62. The maximum absolute atomic E-state index is 13.6. The number of piperidine rings is 1. The summed E-state index contributed by atoms with van der Waals surface area (Å²) in [7, 11) is 0. The number of para-hydroxylation sites is 1. The number of aromatic amines is 1. The smallest absolute Gasteiger partial charge is 0.298 e. The molecule has 0 bridgehead atoms. The number of fused-ring (bicyclic) bond motifs is 1. The second kappa shape index (κ2) is 11.4. The Kier molecular flexibility index (Phi) is 7.57. The quantitative estimate of drug-likeness (QED) is 0.245. The van der Waals surface area contributed by atoms with Gasteiger partial charge in [-0.2, -0.15) is 0 Å². The molecule has 1 atom stereocenters. The first-order valence-corrected chi connectivity index (χ1v) is 12.8. The van der Waals surface area contributed by atoms with E-state index in [4.69, 9.17) is 16.3 Å². The minimum Gasteiger partial charge on any atom is -0.457 e. The number of halogens is 1. The molecule has 1 unspecified atom stereocenters. The Morgan fingerprint density at radius 3 is 2.76 bits per heavy atom. The van der Waals surface area contributed by atoms with E-state index in [0.717, 1.165) is 19.3 Å². The van der Waals surface area contributed by atoms with Crippen LogP contribution in [-0.2, 0) is 4.79 Å². The molecule has 2 aromatic heterocycles. The molecule has 38 heavy (non-hydrogen) atoms. The van der Waals surface area contributed by atoms with E-state index >= 15 is 0 Å². The van der Waals surface area contributed by atoms with Gasteiger partial charge in [0.15, 0.2) is 5.78 Å². The van der Waals surface area contributed by atoms with Crippen LogP contribution >= 0.6 is 11.6 Å². The van der Waals surface area contributed by atoms with Gasteiger partial charge in [0.05, 0.1) is 16.0 Å². The van der Waals surface area contributed by atoms with Crippen LogP contribution in [0.1, 0.15) is 42.1 Å². The summed E-state index contributed by atoms with van der Waals surface area (Å²) in [5, 5.41) is 4.19. The average molecular weight is 528 g/mol. The maximum atomic E-state index is 13.6. The SMILES string of the molecule is CC#CC(=O)N1CCCCC1CNc1ncnc2[nH]cc(C(=O)c3ccc(Oc4ccccc4)cc3Cl)c12. The topological polar surface area (TPSA) is 100 Å². The lowest BCUT2D eigenvalue weighted by Crippen LogP contribution is -2.46. The molecule has 192 valence electrons. The number of ether oxygens (including phenoxy) is 1. The van der Waals surface area contributed by atoms with E-state index in [2.05, 4.69) is 32.1 Å². The molecule has 2 N–H and O–H groups in total. The summed E-state index contributed by atoms with van der Waals surface area (Å²) >= 11 is 6.53. The fraction of sp³-hybridized carbons (Fsp3) is 0.241. The van der Waals surface area contributed by atoms with Crippen molar-refractivity contribution in [2.45, 2.75) is 32.2 Å². The first-order valence-electron chi connectivity index (χ1n) is 12.4. The number of H-pyrrole nitrogens is 1. The zero-order valence-electron chi connectivity index (χ0n) is 20.8. The van der Waals surface area contributed by atoms with Gasteiger partial charge in [-0.15, -0.1) is 0 Å². The zero-order valence-corrected chi connectivity index (χ0v) is 21.6. The highest BCUT2D eigenvalue weighted by molar-refractivity contribution is 6.35. The van der Waals surface area contributed by atoms with E-state index in [1.165, 1.54) is 6.33 Å². The number of carbonyl (C=O) groups excluding carboxylic acids is 2. The molecule has 1 amide bonds. The van der Waals surface area contributed by atoms with Crippen LogP contribution in [0.25, 0.3) is 11.0 Å². The predicted molar refractivity (Wildman–Crippen MR) is 147 cm³/mol. The molecule has 8 nitrogen and oxygen atoms in total. The second-order valence-corrected chi connectivity index (χ2v) is 9.35. The lowest BCUT2D eigenvalue weighted by Gasteiger charge is -2.34. The molecule has 4 aromatic rings. The highest BCUT2D eigenvalue weighted by atomic mass is 35.5. The van der Waals surface area contributed by atoms with Crippen LogP contribution in [0.2, 0.25) is 5.02 Å². The van der Waals surface area contributed by atoms with Crippen LogP contribution in [0.15, 0.2) is 61.1 Å². The minimum absolute atomic E-state index is 0.0215. The first-order chi connectivity index (χ1) is 18.5. The fourth-order valence-corrected chi connectivity index (χ4v) is 4.92. The highest BCUT2D eigenvalue weighted by Crippen LogP contribution is 2.31. The van der Waals surface area contributed by atoms with E-state index in [1.807, 2.05) is 35.2 Å². The Morgan fingerprint density at radius 1 is 1.13 bits per heavy atom. The number of nitrogens with zero attached hydrogens (tertiary/aromatic N) is 3. The Labute approximate surface area is 225 Å². The maximum Gasteiger partial charge on any atom is 0.298 e. The molecule has 0 spiro atoms. The number of aromatic nitrogens is 3. The number of rotatable bonds is 7. The van der Waals surface area contributed by atoms with Gasteiger partial charge in [0.2, 0.25) is 0 Å². The molecule has 0 aliphatic carbocycles. The van der Waals surface area contributed by atoms with E-state index in [-0.39, 0.29) is 22.8 Å². The van der Waals surface area contributed by atoms with E-state index < -0.39 is 0 Å². The van der Waals surface area contributed by atoms with Gasteiger partial charge in [0.1, 0.15) is 29.3 Å². The zero-order chi connectivity index (χ0) is 26.5. The fourth-order valence-electron chi connectivity index (χ4n) is 4.66. The molecule has 9 heteroatoms. The highest BCUT2D eigenvalue weighted by Gasteiger charge is 2.27. The number of nitrogens with one attached hydrogen (secondary N) is 2. The third-order valence-corrected chi connectivity index (χ3v) is 6.82. The van der Waals surface area contributed by atoms with E-state index in [0.29, 0.717) is 52.6 Å². The summed E-state index contributed by atoms with van der Waals surface area (Å²) in [5.41, 5.74) is 1.26. The molecular formula is C29H26ClN5O3. The van der Waals surface area contributed by atoms with Gasteiger partial charge in [0.25, 0.3) is 5.91 Å². The van der Waals surface area contributed by atoms with Gasteiger partial charge >= 0.3 is 0 Å². The third kappa shape index (κ3) is 5.34. The van der Waals surface area contributed by atoms with E-state index in [9.17, 15) is 9.59 Å². The second-order valence-electron chi connectivity index (χ2n) is 8.94. The number of anilines is 1. The molecule has 0 saturated carbocycles. The summed E-state index contributed by atoms with van der Waals surface area (Å²) in [6, 6.07) is 14.3. The van der Waals surface area contributed by atoms with Crippen molar-refractivity contribution in [3.8, 4) is 23.3 Å². The molecular weight excluding hydrogens is 502 g/mol. The molecule has 1 fully saturated rings. The molecule has 5 rings (SSSR count). The van der Waals surface area contributed by atoms with Gasteiger partial charge in [-0.25, -0.2) is 9.97 Å². The Morgan fingerprint density at radius 2 is 1.97 bits per heavy atom. The average Bonchev–Trinajstić information content (AvgIpc) is 3.37. The Hall–Kier alpha value is -4.35. The number of carbonyl (C=O) groups is 2. The number of likely N-dealkylation sites (tertiary alicyclic amines) is 1. The third-order valence-electron chi connectivity index (χ3n) is 6.50. The number of hydrogen-bond donors (Lipinski definition) is 2. The lowest BCUT2D eigenvalue weighted by molar-refractivity contribution is -0.128. The van der Waals surface area contributed by atoms with Crippen LogP contribution in [0, 0.1) is 11.8 Å². The molecule has 1 aliphatic rings. The molecule has 0 radical (unpaired) electrons. The van der Waals surface area contributed by atoms with Crippen molar-refractivity contribution in [1.29, 1.82) is 0 Å². The minimum atomic E-state index is -0.266. The molecule has 2 aromatic carbocycles. The van der Waals surface area contributed by atoms with Crippen LogP contribution < -0.4 is 10.1 Å². The van der Waals surface area contributed by atoms with E-state index in [1.54, 1.807) is 31.3 Å². The van der Waals surface area contributed by atoms with Crippen molar-refractivity contribution in [2.24, 2.45) is 0 Å². The summed E-state index contributed by atoms with van der Waals surface area (Å²) in [4.78, 5) is 39.6. The largest absolute Gasteiger partial charge is 0.457 e. The summed E-state index contributed by atoms with van der Waals surface area (Å²) < 4.78 is 5.84. The van der Waals surface area contributed by atoms with Crippen LogP contribution in [0.4, 0.5) is 5.82 Å². The Bertz CT molecular complexity index is 1540. The van der Waals surface area contributed by atoms with Crippen molar-refractivity contribution < 1.29 is 14.3 Å². The number of amides is 1. The van der Waals surface area contributed by atoms with Crippen LogP contribution in [0.5, 0.6) is 11.5 Å². The summed E-state index contributed by atoms with van der Waals surface area (Å²) in [6.45, 7) is 2.82. The van der Waals surface area contributed by atoms with Crippen molar-refractivity contribution in [3.05, 3.63) is 77.2 Å². The van der Waals surface area contributed by atoms with Gasteiger partial charge in [0, 0.05) is 37.0 Å². The first kappa shape index (κ1) is 25.3. The molecule has 1 saturated heterocycles. The monoisotopic (exact) mass is 527 g/mol.